The first kappa shape index (κ1) is 15.2. The number of rotatable bonds is 5. The van der Waals surface area contributed by atoms with Gasteiger partial charge in [0.25, 0.3) is 0 Å². The predicted octanol–water partition coefficient (Wildman–Crippen LogP) is 2.73. The second-order valence-corrected chi connectivity index (χ2v) is 5.62. The molecule has 0 saturated carbocycles. The Morgan fingerprint density at radius 2 is 1.87 bits per heavy atom. The topological polar surface area (TPSA) is 67.1 Å². The predicted molar refractivity (Wildman–Crippen MR) is 96.8 cm³/mol. The first-order valence-corrected chi connectivity index (χ1v) is 7.66. The zero-order valence-corrected chi connectivity index (χ0v) is 13.5. The number of pyridine rings is 2. The summed E-state index contributed by atoms with van der Waals surface area (Å²) in [4.78, 5) is 11.3. The number of aromatic nitrogens is 2. The minimum absolute atomic E-state index is 0.583. The molecule has 0 aliphatic carbocycles. The van der Waals surface area contributed by atoms with Gasteiger partial charge in [0.15, 0.2) is 0 Å². The smallest absolute Gasteiger partial charge is 0.126 e. The van der Waals surface area contributed by atoms with Crippen LogP contribution in [0.3, 0.4) is 0 Å². The number of benzene rings is 1. The fourth-order valence-electron chi connectivity index (χ4n) is 2.40. The molecular weight excluding hydrogens is 286 g/mol. The summed E-state index contributed by atoms with van der Waals surface area (Å²) in [6.07, 6.45) is 1.87. The van der Waals surface area contributed by atoms with Crippen molar-refractivity contribution in [1.29, 1.82) is 0 Å². The number of hydrogen-bond donors (Lipinski definition) is 2. The van der Waals surface area contributed by atoms with Gasteiger partial charge in [0.05, 0.1) is 11.2 Å². The summed E-state index contributed by atoms with van der Waals surface area (Å²) in [6.45, 7) is 1.29. The molecular formula is C18H21N5. The molecule has 0 radical (unpaired) electrons. The summed E-state index contributed by atoms with van der Waals surface area (Å²) in [6, 6.07) is 14.3. The van der Waals surface area contributed by atoms with Gasteiger partial charge in [-0.2, -0.15) is 0 Å². The maximum Gasteiger partial charge on any atom is 0.126 e. The molecule has 2 heterocycles. The molecule has 1 aromatic carbocycles. The molecule has 0 atom stereocenters. The average Bonchev–Trinajstić information content (AvgIpc) is 2.59. The second-order valence-electron chi connectivity index (χ2n) is 5.62. The van der Waals surface area contributed by atoms with Gasteiger partial charge in [-0.05, 0) is 30.3 Å². The van der Waals surface area contributed by atoms with Gasteiger partial charge in [-0.15, -0.1) is 0 Å². The summed E-state index contributed by atoms with van der Waals surface area (Å²) < 4.78 is 0. The molecule has 5 nitrogen and oxygen atoms in total. The van der Waals surface area contributed by atoms with Gasteiger partial charge in [-0.3, -0.25) is 4.98 Å². The molecule has 0 amide bonds. The van der Waals surface area contributed by atoms with Crippen LogP contribution in [0.25, 0.3) is 22.2 Å². The lowest BCUT2D eigenvalue weighted by Crippen LogP contribution is -2.13. The largest absolute Gasteiger partial charge is 0.378 e. The highest BCUT2D eigenvalue weighted by atomic mass is 15.1. The van der Waals surface area contributed by atoms with Crippen LogP contribution in [-0.2, 0) is 0 Å². The molecule has 3 rings (SSSR count). The van der Waals surface area contributed by atoms with E-state index >= 15 is 0 Å². The summed E-state index contributed by atoms with van der Waals surface area (Å²) in [5, 5.41) is 4.23. The standard InChI is InChI=1S/C18H21N5/c1-23(2)15-6-3-13(4-7-15)16-11-17-14(12-21-16)5-8-18(22-17)20-10-9-19/h3-8,11-12H,9-10,19H2,1-2H3,(H,20,22). The van der Waals surface area contributed by atoms with Crippen molar-refractivity contribution in [2.45, 2.75) is 0 Å². The molecule has 2 aromatic heterocycles. The molecule has 3 aromatic rings. The molecule has 0 aliphatic heterocycles. The van der Waals surface area contributed by atoms with E-state index in [9.17, 15) is 0 Å². The number of fused-ring (bicyclic) bond motifs is 1. The van der Waals surface area contributed by atoms with Crippen molar-refractivity contribution in [3.8, 4) is 11.3 Å². The third-order valence-corrected chi connectivity index (χ3v) is 3.70. The zero-order valence-electron chi connectivity index (χ0n) is 13.5. The lowest BCUT2D eigenvalue weighted by atomic mass is 10.1. The SMILES string of the molecule is CN(C)c1ccc(-c2cc3nc(NCCN)ccc3cn2)cc1. The van der Waals surface area contributed by atoms with Crippen molar-refractivity contribution < 1.29 is 0 Å². The van der Waals surface area contributed by atoms with Crippen LogP contribution >= 0.6 is 0 Å². The van der Waals surface area contributed by atoms with Crippen LogP contribution in [0.4, 0.5) is 11.5 Å². The van der Waals surface area contributed by atoms with Crippen molar-refractivity contribution in [3.05, 3.63) is 48.7 Å². The maximum atomic E-state index is 5.52. The number of hydrogen-bond acceptors (Lipinski definition) is 5. The molecule has 118 valence electrons. The molecule has 3 N–H and O–H groups in total. The van der Waals surface area contributed by atoms with E-state index in [1.54, 1.807) is 0 Å². The van der Waals surface area contributed by atoms with Crippen LogP contribution in [0.1, 0.15) is 0 Å². The van der Waals surface area contributed by atoms with Crippen LogP contribution in [0, 0.1) is 0 Å². The summed E-state index contributed by atoms with van der Waals surface area (Å²) in [7, 11) is 4.06. The highest BCUT2D eigenvalue weighted by molar-refractivity contribution is 5.83. The monoisotopic (exact) mass is 307 g/mol. The molecule has 0 unspecified atom stereocenters. The summed E-state index contributed by atoms with van der Waals surface area (Å²) in [5.41, 5.74) is 9.62. The minimum Gasteiger partial charge on any atom is -0.378 e. The number of anilines is 2. The van der Waals surface area contributed by atoms with E-state index in [2.05, 4.69) is 44.5 Å². The molecule has 5 heteroatoms. The Hall–Kier alpha value is -2.66. The Balaban J connectivity index is 1.94. The van der Waals surface area contributed by atoms with Gasteiger partial charge < -0.3 is 16.0 Å². The second kappa shape index (κ2) is 6.62. The van der Waals surface area contributed by atoms with E-state index in [1.807, 2.05) is 38.5 Å². The number of nitrogens with one attached hydrogen (secondary N) is 1. The van der Waals surface area contributed by atoms with Crippen LogP contribution in [0.5, 0.6) is 0 Å². The van der Waals surface area contributed by atoms with Gasteiger partial charge in [-0.1, -0.05) is 12.1 Å². The molecule has 0 bridgehead atoms. The normalized spacial score (nSPS) is 10.7. The lowest BCUT2D eigenvalue weighted by Gasteiger charge is -2.12. The summed E-state index contributed by atoms with van der Waals surface area (Å²) >= 11 is 0. The van der Waals surface area contributed by atoms with E-state index in [-0.39, 0.29) is 0 Å². The van der Waals surface area contributed by atoms with E-state index in [0.29, 0.717) is 13.1 Å². The van der Waals surface area contributed by atoms with Gasteiger partial charge in [0.1, 0.15) is 5.82 Å². The van der Waals surface area contributed by atoms with Crippen LogP contribution in [0.2, 0.25) is 0 Å². The van der Waals surface area contributed by atoms with Crippen molar-refractivity contribution in [3.63, 3.8) is 0 Å². The average molecular weight is 307 g/mol. The molecule has 0 spiro atoms. The third-order valence-electron chi connectivity index (χ3n) is 3.70. The first-order valence-electron chi connectivity index (χ1n) is 7.66. The number of nitrogens with zero attached hydrogens (tertiary/aromatic N) is 3. The lowest BCUT2D eigenvalue weighted by molar-refractivity contribution is 1.01. The molecule has 0 fully saturated rings. The van der Waals surface area contributed by atoms with Crippen molar-refractivity contribution in [2.75, 3.05) is 37.4 Å². The van der Waals surface area contributed by atoms with Crippen LogP contribution < -0.4 is 16.0 Å². The summed E-state index contributed by atoms with van der Waals surface area (Å²) in [5.74, 6) is 0.836. The van der Waals surface area contributed by atoms with E-state index in [1.165, 1.54) is 5.69 Å². The first-order chi connectivity index (χ1) is 11.2. The van der Waals surface area contributed by atoms with E-state index < -0.39 is 0 Å². The zero-order chi connectivity index (χ0) is 16.2. The highest BCUT2D eigenvalue weighted by Gasteiger charge is 2.04. The quantitative estimate of drug-likeness (QED) is 0.758. The van der Waals surface area contributed by atoms with Gasteiger partial charge in [0, 0.05) is 50.0 Å². The minimum atomic E-state index is 0.583. The van der Waals surface area contributed by atoms with Gasteiger partial charge >= 0.3 is 0 Å². The van der Waals surface area contributed by atoms with E-state index in [0.717, 1.165) is 28.0 Å². The molecule has 0 aliphatic rings. The van der Waals surface area contributed by atoms with Crippen molar-refractivity contribution >= 4 is 22.4 Å². The Labute approximate surface area is 136 Å². The van der Waals surface area contributed by atoms with Gasteiger partial charge in [-0.25, -0.2) is 4.98 Å². The van der Waals surface area contributed by atoms with Crippen LogP contribution in [-0.4, -0.2) is 37.2 Å². The fourth-order valence-corrected chi connectivity index (χ4v) is 2.40. The van der Waals surface area contributed by atoms with E-state index in [4.69, 9.17) is 5.73 Å². The Bertz CT molecular complexity index is 796. The molecule has 23 heavy (non-hydrogen) atoms. The molecule has 0 saturated heterocycles. The van der Waals surface area contributed by atoms with Crippen molar-refractivity contribution in [2.24, 2.45) is 5.73 Å². The van der Waals surface area contributed by atoms with Crippen molar-refractivity contribution in [1.82, 2.24) is 9.97 Å². The Morgan fingerprint density at radius 1 is 1.09 bits per heavy atom. The fraction of sp³-hybridized carbons (Fsp3) is 0.222. The highest BCUT2D eigenvalue weighted by Crippen LogP contribution is 2.24. The Morgan fingerprint density at radius 3 is 2.57 bits per heavy atom. The van der Waals surface area contributed by atoms with Crippen LogP contribution in [0.15, 0.2) is 48.7 Å². The third kappa shape index (κ3) is 3.40. The number of nitrogens with two attached hydrogens (primary N) is 1. The maximum absolute atomic E-state index is 5.52. The van der Waals surface area contributed by atoms with Gasteiger partial charge in [0.2, 0.25) is 0 Å². The Kier molecular flexibility index (Phi) is 4.39.